The molecule has 0 atom stereocenters. The molecule has 1 heterocycles. The molecule has 2 aromatic carbocycles. The minimum Gasteiger partial charge on any atom is -0.465 e. The van der Waals surface area contributed by atoms with Crippen LogP contribution < -0.4 is 5.32 Å². The van der Waals surface area contributed by atoms with Crippen molar-refractivity contribution in [3.8, 4) is 0 Å². The molecular formula is C20H20N2O5S2. The molecular weight excluding hydrogens is 412 g/mol. The van der Waals surface area contributed by atoms with Gasteiger partial charge >= 0.3 is 5.97 Å². The summed E-state index contributed by atoms with van der Waals surface area (Å²) in [6, 6.07) is 13.4. The van der Waals surface area contributed by atoms with Crippen molar-refractivity contribution < 1.29 is 22.7 Å². The van der Waals surface area contributed by atoms with Gasteiger partial charge in [0, 0.05) is 17.4 Å². The van der Waals surface area contributed by atoms with Gasteiger partial charge < -0.3 is 10.1 Å². The summed E-state index contributed by atoms with van der Waals surface area (Å²) in [5, 5.41) is 3.48. The van der Waals surface area contributed by atoms with Crippen LogP contribution in [0.25, 0.3) is 10.1 Å². The van der Waals surface area contributed by atoms with Gasteiger partial charge in [0.25, 0.3) is 0 Å². The lowest BCUT2D eigenvalue weighted by molar-refractivity contribution is -0.116. The number of fused-ring (bicyclic) bond motifs is 1. The molecule has 0 fully saturated rings. The van der Waals surface area contributed by atoms with Crippen molar-refractivity contribution in [1.82, 2.24) is 4.31 Å². The predicted molar refractivity (Wildman–Crippen MR) is 113 cm³/mol. The molecule has 0 aliphatic heterocycles. The molecule has 1 N–H and O–H groups in total. The summed E-state index contributed by atoms with van der Waals surface area (Å²) in [4.78, 5) is 24.6. The molecule has 0 bridgehead atoms. The maximum atomic E-state index is 12.6. The maximum Gasteiger partial charge on any atom is 0.348 e. The first-order valence-electron chi connectivity index (χ1n) is 8.65. The third-order valence-electron chi connectivity index (χ3n) is 4.28. The number of benzene rings is 2. The van der Waals surface area contributed by atoms with Gasteiger partial charge in [0.15, 0.2) is 0 Å². The molecule has 0 saturated heterocycles. The fraction of sp³-hybridized carbons (Fsp3) is 0.200. The number of methoxy groups -OCH3 is 1. The monoisotopic (exact) mass is 432 g/mol. The fourth-order valence-corrected chi connectivity index (χ4v) is 4.79. The average molecular weight is 433 g/mol. The molecule has 0 spiro atoms. The van der Waals surface area contributed by atoms with Crippen molar-refractivity contribution >= 4 is 49.0 Å². The van der Waals surface area contributed by atoms with Gasteiger partial charge in [-0.1, -0.05) is 17.7 Å². The third-order valence-corrected chi connectivity index (χ3v) is 7.20. The van der Waals surface area contributed by atoms with Gasteiger partial charge in [-0.3, -0.25) is 4.79 Å². The highest BCUT2D eigenvalue weighted by Crippen LogP contribution is 2.28. The standard InChI is InChI=1S/C20H20N2O5S2/c1-13-4-7-16(8-5-13)29(25,26)22(2)12-19(23)21-15-6-9-17-14(10-15)11-18(28-17)20(24)27-3/h4-11H,12H2,1-3H3,(H,21,23). The van der Waals surface area contributed by atoms with Gasteiger partial charge in [0.05, 0.1) is 18.6 Å². The third kappa shape index (κ3) is 4.64. The molecule has 3 aromatic rings. The predicted octanol–water partition coefficient (Wildman–Crippen LogP) is 3.26. The Morgan fingerprint density at radius 1 is 1.10 bits per heavy atom. The van der Waals surface area contributed by atoms with E-state index >= 15 is 0 Å². The van der Waals surface area contributed by atoms with E-state index in [1.54, 1.807) is 36.4 Å². The first kappa shape index (κ1) is 21.0. The summed E-state index contributed by atoms with van der Waals surface area (Å²) < 4.78 is 31.8. The van der Waals surface area contributed by atoms with E-state index in [0.29, 0.717) is 10.6 Å². The Bertz CT molecular complexity index is 1170. The number of esters is 1. The van der Waals surface area contributed by atoms with Crippen LogP contribution in [-0.4, -0.2) is 45.3 Å². The number of nitrogens with one attached hydrogen (secondary N) is 1. The number of nitrogens with zero attached hydrogens (tertiary/aromatic N) is 1. The molecule has 0 aliphatic rings. The van der Waals surface area contributed by atoms with Crippen molar-refractivity contribution in [2.75, 3.05) is 26.0 Å². The van der Waals surface area contributed by atoms with Crippen LogP contribution in [0.15, 0.2) is 53.4 Å². The Labute approximate surface area is 173 Å². The lowest BCUT2D eigenvalue weighted by atomic mass is 10.2. The fourth-order valence-electron chi connectivity index (χ4n) is 2.70. The van der Waals surface area contributed by atoms with E-state index < -0.39 is 21.9 Å². The van der Waals surface area contributed by atoms with Crippen LogP contribution in [0.1, 0.15) is 15.2 Å². The lowest BCUT2D eigenvalue weighted by Crippen LogP contribution is -2.34. The second-order valence-corrected chi connectivity index (χ2v) is 9.61. The first-order chi connectivity index (χ1) is 13.7. The zero-order valence-corrected chi connectivity index (χ0v) is 17.8. The van der Waals surface area contributed by atoms with Gasteiger partial charge in [-0.2, -0.15) is 4.31 Å². The van der Waals surface area contributed by atoms with Crippen LogP contribution in [-0.2, 0) is 19.6 Å². The van der Waals surface area contributed by atoms with Crippen molar-refractivity contribution in [3.63, 3.8) is 0 Å². The molecule has 0 unspecified atom stereocenters. The molecule has 3 rings (SSSR count). The van der Waals surface area contributed by atoms with Crippen molar-refractivity contribution in [3.05, 3.63) is 59.0 Å². The number of hydrogen-bond donors (Lipinski definition) is 1. The summed E-state index contributed by atoms with van der Waals surface area (Å²) in [5.74, 6) is -0.884. The van der Waals surface area contributed by atoms with E-state index in [4.69, 9.17) is 4.74 Å². The molecule has 1 aromatic heterocycles. The Hall–Kier alpha value is -2.75. The van der Waals surface area contributed by atoms with E-state index in [2.05, 4.69) is 5.32 Å². The Kier molecular flexibility index (Phi) is 6.02. The van der Waals surface area contributed by atoms with Gasteiger partial charge in [-0.05, 0) is 48.7 Å². The van der Waals surface area contributed by atoms with Gasteiger partial charge in [0.2, 0.25) is 15.9 Å². The summed E-state index contributed by atoms with van der Waals surface area (Å²) in [6.45, 7) is 1.54. The van der Waals surface area contributed by atoms with E-state index in [0.717, 1.165) is 20.0 Å². The van der Waals surface area contributed by atoms with Crippen LogP contribution in [0, 0.1) is 6.92 Å². The largest absolute Gasteiger partial charge is 0.465 e. The highest BCUT2D eigenvalue weighted by Gasteiger charge is 2.23. The van der Waals surface area contributed by atoms with Crippen LogP contribution >= 0.6 is 11.3 Å². The average Bonchev–Trinajstić information content (AvgIpc) is 3.11. The molecule has 9 heteroatoms. The summed E-state index contributed by atoms with van der Waals surface area (Å²) in [6.07, 6.45) is 0. The topological polar surface area (TPSA) is 92.8 Å². The van der Waals surface area contributed by atoms with Crippen LogP contribution in [0.2, 0.25) is 0 Å². The number of rotatable bonds is 6. The first-order valence-corrected chi connectivity index (χ1v) is 10.9. The SMILES string of the molecule is COC(=O)c1cc2cc(NC(=O)CN(C)S(=O)(=O)c3ccc(C)cc3)ccc2s1. The lowest BCUT2D eigenvalue weighted by Gasteiger charge is -2.17. The number of anilines is 1. The Morgan fingerprint density at radius 2 is 1.79 bits per heavy atom. The van der Waals surface area contributed by atoms with Crippen molar-refractivity contribution in [2.24, 2.45) is 0 Å². The number of carbonyl (C=O) groups excluding carboxylic acids is 2. The van der Waals surface area contributed by atoms with Gasteiger partial charge in [-0.25, -0.2) is 13.2 Å². The maximum absolute atomic E-state index is 12.6. The summed E-state index contributed by atoms with van der Waals surface area (Å²) in [7, 11) is -1.08. The highest BCUT2D eigenvalue weighted by molar-refractivity contribution is 7.89. The quantitative estimate of drug-likeness (QED) is 0.604. The molecule has 0 saturated carbocycles. The van der Waals surface area contributed by atoms with E-state index in [9.17, 15) is 18.0 Å². The molecule has 29 heavy (non-hydrogen) atoms. The normalized spacial score (nSPS) is 11.6. The number of thiophene rings is 1. The Morgan fingerprint density at radius 3 is 2.45 bits per heavy atom. The van der Waals surface area contributed by atoms with Crippen LogP contribution in [0.3, 0.4) is 0 Å². The smallest absolute Gasteiger partial charge is 0.348 e. The zero-order valence-electron chi connectivity index (χ0n) is 16.1. The molecule has 0 radical (unpaired) electrons. The molecule has 0 aliphatic carbocycles. The second kappa shape index (κ2) is 8.32. The minimum atomic E-state index is -3.76. The minimum absolute atomic E-state index is 0.133. The van der Waals surface area contributed by atoms with Crippen LogP contribution in [0.5, 0.6) is 0 Å². The number of hydrogen-bond acceptors (Lipinski definition) is 6. The number of aryl methyl sites for hydroxylation is 1. The second-order valence-electron chi connectivity index (χ2n) is 6.48. The number of carbonyl (C=O) groups is 2. The van der Waals surface area contributed by atoms with E-state index in [1.165, 1.54) is 37.6 Å². The number of sulfonamides is 1. The van der Waals surface area contributed by atoms with E-state index in [1.807, 2.05) is 6.92 Å². The van der Waals surface area contributed by atoms with Gasteiger partial charge in [0.1, 0.15) is 4.88 Å². The zero-order chi connectivity index (χ0) is 21.2. The highest BCUT2D eigenvalue weighted by atomic mass is 32.2. The van der Waals surface area contributed by atoms with E-state index in [-0.39, 0.29) is 11.4 Å². The van der Waals surface area contributed by atoms with Crippen LogP contribution in [0.4, 0.5) is 5.69 Å². The number of likely N-dealkylation sites (N-methyl/N-ethyl adjacent to an activating group) is 1. The van der Waals surface area contributed by atoms with Crippen molar-refractivity contribution in [2.45, 2.75) is 11.8 Å². The summed E-state index contributed by atoms with van der Waals surface area (Å²) in [5.41, 5.74) is 1.46. The molecule has 7 nitrogen and oxygen atoms in total. The Balaban J connectivity index is 1.71. The van der Waals surface area contributed by atoms with Gasteiger partial charge in [-0.15, -0.1) is 11.3 Å². The summed E-state index contributed by atoms with van der Waals surface area (Å²) >= 11 is 1.30. The van der Waals surface area contributed by atoms with Crippen molar-refractivity contribution in [1.29, 1.82) is 0 Å². The number of amides is 1. The number of ether oxygens (including phenoxy) is 1. The molecule has 1 amide bonds. The molecule has 152 valence electrons.